The first-order valence-corrected chi connectivity index (χ1v) is 11.5. The quantitative estimate of drug-likeness (QED) is 0.386. The zero-order valence-electron chi connectivity index (χ0n) is 19.8. The van der Waals surface area contributed by atoms with Gasteiger partial charge in [0.1, 0.15) is 5.82 Å². The third-order valence-corrected chi connectivity index (χ3v) is 5.87. The van der Waals surface area contributed by atoms with Crippen molar-refractivity contribution in [1.82, 2.24) is 4.90 Å². The summed E-state index contributed by atoms with van der Waals surface area (Å²) >= 11 is 0. The molecule has 7 heteroatoms. The SMILES string of the molecule is CN(C)CCCc1ccc(N/C(=C2\C(=O)Nc3cc(F)ccc32)c2ccc(CC(=O)O)cc2)cc1. The number of carboxylic acids is 1. The first-order chi connectivity index (χ1) is 16.8. The number of carboxylic acid groups (broad SMARTS) is 1. The molecule has 3 aromatic carbocycles. The minimum Gasteiger partial charge on any atom is -0.481 e. The number of nitrogens with zero attached hydrogens (tertiary/aromatic N) is 1. The van der Waals surface area contributed by atoms with Crippen LogP contribution in [0.3, 0.4) is 0 Å². The third kappa shape index (κ3) is 5.94. The number of carbonyl (C=O) groups excluding carboxylic acids is 1. The maximum atomic E-state index is 13.8. The van der Waals surface area contributed by atoms with E-state index in [2.05, 4.69) is 41.8 Å². The van der Waals surface area contributed by atoms with Crippen molar-refractivity contribution in [2.75, 3.05) is 31.3 Å². The lowest BCUT2D eigenvalue weighted by Crippen LogP contribution is -2.13. The van der Waals surface area contributed by atoms with Gasteiger partial charge in [-0.3, -0.25) is 9.59 Å². The molecular formula is C28H28FN3O3. The van der Waals surface area contributed by atoms with Crippen LogP contribution in [0.25, 0.3) is 11.3 Å². The molecule has 0 saturated heterocycles. The zero-order chi connectivity index (χ0) is 24.9. The van der Waals surface area contributed by atoms with Gasteiger partial charge in [-0.05, 0) is 80.5 Å². The number of nitrogens with one attached hydrogen (secondary N) is 2. The van der Waals surface area contributed by atoms with E-state index in [0.717, 1.165) is 30.6 Å². The van der Waals surface area contributed by atoms with Crippen LogP contribution in [0.15, 0.2) is 66.7 Å². The molecule has 4 rings (SSSR count). The first-order valence-electron chi connectivity index (χ1n) is 11.5. The van der Waals surface area contributed by atoms with Gasteiger partial charge in [0.2, 0.25) is 0 Å². The summed E-state index contributed by atoms with van der Waals surface area (Å²) in [5, 5.41) is 15.2. The molecule has 3 aromatic rings. The summed E-state index contributed by atoms with van der Waals surface area (Å²) < 4.78 is 13.8. The summed E-state index contributed by atoms with van der Waals surface area (Å²) in [5.41, 5.74) is 5.40. The van der Waals surface area contributed by atoms with Crippen LogP contribution in [-0.2, 0) is 22.4 Å². The maximum Gasteiger partial charge on any atom is 0.307 e. The number of anilines is 2. The van der Waals surface area contributed by atoms with E-state index in [1.165, 1.54) is 17.7 Å². The number of fused-ring (bicyclic) bond motifs is 1. The van der Waals surface area contributed by atoms with Crippen molar-refractivity contribution in [2.24, 2.45) is 0 Å². The summed E-state index contributed by atoms with van der Waals surface area (Å²) in [6.07, 6.45) is 1.95. The van der Waals surface area contributed by atoms with E-state index < -0.39 is 11.8 Å². The smallest absolute Gasteiger partial charge is 0.307 e. The van der Waals surface area contributed by atoms with Crippen molar-refractivity contribution in [3.8, 4) is 0 Å². The summed E-state index contributed by atoms with van der Waals surface area (Å²) in [7, 11) is 4.11. The van der Waals surface area contributed by atoms with Crippen molar-refractivity contribution >= 4 is 34.5 Å². The van der Waals surface area contributed by atoms with Crippen LogP contribution < -0.4 is 10.6 Å². The standard InChI is InChI=1S/C28H28FN3O3/c1-32(2)15-3-4-18-7-12-22(13-8-18)30-27(20-9-5-19(6-10-20)16-25(33)34)26-23-14-11-21(29)17-24(23)31-28(26)35/h5-14,17,30H,3-4,15-16H2,1-2H3,(H,31,35)(H,33,34)/b27-26-. The Bertz CT molecular complexity index is 1270. The minimum atomic E-state index is -0.911. The van der Waals surface area contributed by atoms with Crippen LogP contribution in [0.4, 0.5) is 15.8 Å². The van der Waals surface area contributed by atoms with Crippen molar-refractivity contribution < 1.29 is 19.1 Å². The molecule has 1 heterocycles. The molecule has 0 saturated carbocycles. The minimum absolute atomic E-state index is 0.0858. The van der Waals surface area contributed by atoms with Crippen LogP contribution in [0.2, 0.25) is 0 Å². The van der Waals surface area contributed by atoms with Crippen LogP contribution in [0, 0.1) is 5.82 Å². The number of aryl methyl sites for hydroxylation is 1. The van der Waals surface area contributed by atoms with E-state index in [-0.39, 0.29) is 12.3 Å². The molecule has 1 aliphatic rings. The fourth-order valence-electron chi connectivity index (χ4n) is 4.13. The van der Waals surface area contributed by atoms with E-state index in [9.17, 15) is 14.0 Å². The van der Waals surface area contributed by atoms with Gasteiger partial charge in [-0.15, -0.1) is 0 Å². The fraction of sp³-hybridized carbons (Fsp3) is 0.214. The van der Waals surface area contributed by atoms with Crippen molar-refractivity contribution in [3.63, 3.8) is 0 Å². The monoisotopic (exact) mass is 473 g/mol. The number of hydrogen-bond donors (Lipinski definition) is 3. The topological polar surface area (TPSA) is 81.7 Å². The fourth-order valence-corrected chi connectivity index (χ4v) is 4.13. The van der Waals surface area contributed by atoms with E-state index in [0.29, 0.717) is 28.1 Å². The average Bonchev–Trinajstić information content (AvgIpc) is 3.13. The highest BCUT2D eigenvalue weighted by Gasteiger charge is 2.28. The average molecular weight is 474 g/mol. The Morgan fingerprint density at radius 2 is 1.69 bits per heavy atom. The first kappa shape index (κ1) is 24.2. The number of halogens is 1. The van der Waals surface area contributed by atoms with Gasteiger partial charge in [0.05, 0.1) is 23.4 Å². The molecule has 0 bridgehead atoms. The highest BCUT2D eigenvalue weighted by atomic mass is 19.1. The highest BCUT2D eigenvalue weighted by Crippen LogP contribution is 2.38. The van der Waals surface area contributed by atoms with Gasteiger partial charge in [-0.1, -0.05) is 36.4 Å². The van der Waals surface area contributed by atoms with Gasteiger partial charge in [-0.2, -0.15) is 0 Å². The van der Waals surface area contributed by atoms with Gasteiger partial charge in [0, 0.05) is 11.3 Å². The lowest BCUT2D eigenvalue weighted by atomic mass is 9.98. The predicted octanol–water partition coefficient (Wildman–Crippen LogP) is 4.88. The molecule has 35 heavy (non-hydrogen) atoms. The number of rotatable bonds is 9. The number of carbonyl (C=O) groups is 2. The van der Waals surface area contributed by atoms with Crippen LogP contribution in [0.5, 0.6) is 0 Å². The molecular weight excluding hydrogens is 445 g/mol. The lowest BCUT2D eigenvalue weighted by molar-refractivity contribution is -0.136. The zero-order valence-corrected chi connectivity index (χ0v) is 19.8. The van der Waals surface area contributed by atoms with Gasteiger partial charge in [0.25, 0.3) is 5.91 Å². The second-order valence-corrected chi connectivity index (χ2v) is 8.89. The molecule has 0 aliphatic carbocycles. The number of aliphatic carboxylic acids is 1. The molecule has 0 fully saturated rings. The normalized spacial score (nSPS) is 14.0. The molecule has 6 nitrogen and oxygen atoms in total. The molecule has 0 spiro atoms. The molecule has 180 valence electrons. The van der Waals surface area contributed by atoms with Crippen molar-refractivity contribution in [1.29, 1.82) is 0 Å². The Hall–Kier alpha value is -3.97. The van der Waals surface area contributed by atoms with Gasteiger partial charge < -0.3 is 20.6 Å². The summed E-state index contributed by atoms with van der Waals surface area (Å²) in [4.78, 5) is 26.2. The van der Waals surface area contributed by atoms with Crippen LogP contribution >= 0.6 is 0 Å². The summed E-state index contributed by atoms with van der Waals surface area (Å²) in [6.45, 7) is 1.02. The molecule has 0 atom stereocenters. The molecule has 0 unspecified atom stereocenters. The molecule has 1 amide bonds. The van der Waals surface area contributed by atoms with Gasteiger partial charge in [-0.25, -0.2) is 4.39 Å². The second kappa shape index (κ2) is 10.5. The Balaban J connectivity index is 1.69. The van der Waals surface area contributed by atoms with E-state index in [4.69, 9.17) is 5.11 Å². The summed E-state index contributed by atoms with van der Waals surface area (Å²) in [6, 6.07) is 19.3. The Morgan fingerprint density at radius 3 is 2.34 bits per heavy atom. The second-order valence-electron chi connectivity index (χ2n) is 8.89. The van der Waals surface area contributed by atoms with E-state index >= 15 is 0 Å². The number of amides is 1. The van der Waals surface area contributed by atoms with E-state index in [1.54, 1.807) is 30.3 Å². The molecule has 3 N–H and O–H groups in total. The molecule has 0 aromatic heterocycles. The highest BCUT2D eigenvalue weighted by molar-refractivity contribution is 6.37. The number of benzene rings is 3. The number of hydrogen-bond acceptors (Lipinski definition) is 4. The van der Waals surface area contributed by atoms with Crippen molar-refractivity contribution in [2.45, 2.75) is 19.3 Å². The maximum absolute atomic E-state index is 13.8. The van der Waals surface area contributed by atoms with Crippen molar-refractivity contribution in [3.05, 3.63) is 94.8 Å². The van der Waals surface area contributed by atoms with E-state index in [1.807, 2.05) is 12.1 Å². The van der Waals surface area contributed by atoms with Gasteiger partial charge in [0.15, 0.2) is 0 Å². The largest absolute Gasteiger partial charge is 0.481 e. The Kier molecular flexibility index (Phi) is 7.27. The van der Waals surface area contributed by atoms with Gasteiger partial charge >= 0.3 is 5.97 Å². The predicted molar refractivity (Wildman–Crippen MR) is 137 cm³/mol. The summed E-state index contributed by atoms with van der Waals surface area (Å²) in [5.74, 6) is -1.67. The lowest BCUT2D eigenvalue weighted by Gasteiger charge is -2.16. The Labute approximate surface area is 204 Å². The van der Waals surface area contributed by atoms with Crippen LogP contribution in [0.1, 0.15) is 28.7 Å². The Morgan fingerprint density at radius 1 is 1.00 bits per heavy atom. The van der Waals surface area contributed by atoms with Crippen LogP contribution in [-0.4, -0.2) is 42.5 Å². The third-order valence-electron chi connectivity index (χ3n) is 5.87. The molecule has 1 aliphatic heterocycles. The molecule has 0 radical (unpaired) electrons.